The summed E-state index contributed by atoms with van der Waals surface area (Å²) in [5.41, 5.74) is 1.01. The number of carbonyl (C=O) groups excluding carboxylic acids is 1. The lowest BCUT2D eigenvalue weighted by Gasteiger charge is -2.24. The SMILES string of the molecule is C/C=C/C=C(/c1cc(C(F)(F)F)ccc1C)N(C)c1cccc(C(=O)OCC)n1. The van der Waals surface area contributed by atoms with E-state index in [0.29, 0.717) is 22.6 Å². The van der Waals surface area contributed by atoms with Crippen molar-refractivity contribution in [3.63, 3.8) is 0 Å². The van der Waals surface area contributed by atoms with Crippen molar-refractivity contribution >= 4 is 17.5 Å². The number of nitrogens with zero attached hydrogens (tertiary/aromatic N) is 2. The van der Waals surface area contributed by atoms with E-state index in [2.05, 4.69) is 4.98 Å². The van der Waals surface area contributed by atoms with E-state index < -0.39 is 17.7 Å². The van der Waals surface area contributed by atoms with Gasteiger partial charge in [0.05, 0.1) is 12.2 Å². The number of halogens is 3. The minimum Gasteiger partial charge on any atom is -0.461 e. The van der Waals surface area contributed by atoms with E-state index in [0.717, 1.165) is 12.1 Å². The van der Waals surface area contributed by atoms with E-state index in [4.69, 9.17) is 4.74 Å². The molecule has 7 heteroatoms. The summed E-state index contributed by atoms with van der Waals surface area (Å²) in [5.74, 6) is -0.153. The molecule has 0 spiro atoms. The lowest BCUT2D eigenvalue weighted by Crippen LogP contribution is -2.19. The zero-order valence-corrected chi connectivity index (χ0v) is 16.7. The van der Waals surface area contributed by atoms with Crippen LogP contribution in [0.4, 0.5) is 19.0 Å². The molecule has 0 saturated heterocycles. The van der Waals surface area contributed by atoms with Gasteiger partial charge in [0.1, 0.15) is 5.82 Å². The summed E-state index contributed by atoms with van der Waals surface area (Å²) >= 11 is 0. The van der Waals surface area contributed by atoms with Gasteiger partial charge in [-0.1, -0.05) is 24.3 Å². The van der Waals surface area contributed by atoms with Crippen LogP contribution < -0.4 is 4.90 Å². The second-order valence-electron chi connectivity index (χ2n) is 6.27. The lowest BCUT2D eigenvalue weighted by atomic mass is 10.0. The Bertz CT molecular complexity index is 934. The number of anilines is 1. The number of carbonyl (C=O) groups is 1. The fourth-order valence-corrected chi connectivity index (χ4v) is 2.70. The van der Waals surface area contributed by atoms with Crippen LogP contribution in [0.1, 0.15) is 41.0 Å². The van der Waals surface area contributed by atoms with Gasteiger partial charge >= 0.3 is 12.1 Å². The number of ether oxygens (including phenoxy) is 1. The third kappa shape index (κ3) is 5.47. The molecule has 0 aliphatic rings. The second-order valence-corrected chi connectivity index (χ2v) is 6.27. The number of aryl methyl sites for hydroxylation is 1. The third-order valence-electron chi connectivity index (χ3n) is 4.21. The monoisotopic (exact) mass is 404 g/mol. The first-order valence-corrected chi connectivity index (χ1v) is 9.08. The molecular weight excluding hydrogens is 381 g/mol. The van der Waals surface area contributed by atoms with Gasteiger partial charge in [-0.2, -0.15) is 13.2 Å². The third-order valence-corrected chi connectivity index (χ3v) is 4.21. The molecule has 2 aromatic rings. The van der Waals surface area contributed by atoms with Crippen LogP contribution in [0.3, 0.4) is 0 Å². The molecule has 1 aromatic heterocycles. The van der Waals surface area contributed by atoms with Gasteiger partial charge < -0.3 is 9.64 Å². The number of hydrogen-bond acceptors (Lipinski definition) is 4. The normalized spacial score (nSPS) is 12.3. The molecule has 0 aliphatic heterocycles. The molecule has 0 bridgehead atoms. The summed E-state index contributed by atoms with van der Waals surface area (Å²) in [5, 5.41) is 0. The molecule has 154 valence electrons. The van der Waals surface area contributed by atoms with Gasteiger partial charge in [0.25, 0.3) is 0 Å². The number of hydrogen-bond donors (Lipinski definition) is 0. The number of allylic oxidation sites excluding steroid dienone is 3. The highest BCUT2D eigenvalue weighted by atomic mass is 19.4. The molecule has 2 rings (SSSR count). The van der Waals surface area contributed by atoms with Crippen molar-refractivity contribution in [2.45, 2.75) is 26.9 Å². The van der Waals surface area contributed by atoms with Crippen molar-refractivity contribution in [3.05, 3.63) is 77.0 Å². The van der Waals surface area contributed by atoms with Crippen molar-refractivity contribution in [2.75, 3.05) is 18.6 Å². The Balaban J connectivity index is 2.55. The summed E-state index contributed by atoms with van der Waals surface area (Å²) in [6.45, 7) is 5.47. The number of aromatic nitrogens is 1. The predicted molar refractivity (Wildman–Crippen MR) is 108 cm³/mol. The van der Waals surface area contributed by atoms with Crippen LogP contribution in [0, 0.1) is 6.92 Å². The van der Waals surface area contributed by atoms with Crippen molar-refractivity contribution < 1.29 is 22.7 Å². The van der Waals surface area contributed by atoms with Gasteiger partial charge in [0, 0.05) is 18.3 Å². The Kier molecular flexibility index (Phi) is 7.20. The maximum absolute atomic E-state index is 13.2. The molecule has 1 heterocycles. The fourth-order valence-electron chi connectivity index (χ4n) is 2.70. The van der Waals surface area contributed by atoms with Crippen molar-refractivity contribution in [2.24, 2.45) is 0 Å². The van der Waals surface area contributed by atoms with Crippen LogP contribution in [0.15, 0.2) is 54.6 Å². The van der Waals surface area contributed by atoms with Crippen LogP contribution in [-0.2, 0) is 10.9 Å². The number of alkyl halides is 3. The molecular formula is C22H23F3N2O2. The Labute approximate surface area is 168 Å². The molecule has 0 fully saturated rings. The highest BCUT2D eigenvalue weighted by Gasteiger charge is 2.31. The first kappa shape index (κ1) is 22.2. The molecule has 29 heavy (non-hydrogen) atoms. The molecule has 0 unspecified atom stereocenters. The van der Waals surface area contributed by atoms with Crippen LogP contribution in [0.5, 0.6) is 0 Å². The Hall–Kier alpha value is -3.09. The average Bonchev–Trinajstić information content (AvgIpc) is 2.68. The minimum atomic E-state index is -4.45. The molecule has 0 saturated carbocycles. The fraction of sp³-hybridized carbons (Fsp3) is 0.273. The van der Waals surface area contributed by atoms with Gasteiger partial charge in [-0.25, -0.2) is 9.78 Å². The molecule has 0 amide bonds. The van der Waals surface area contributed by atoms with E-state index >= 15 is 0 Å². The van der Waals surface area contributed by atoms with Crippen LogP contribution in [0.25, 0.3) is 5.70 Å². The first-order valence-electron chi connectivity index (χ1n) is 9.08. The van der Waals surface area contributed by atoms with Crippen LogP contribution in [-0.4, -0.2) is 24.6 Å². The highest BCUT2D eigenvalue weighted by molar-refractivity contribution is 5.88. The van der Waals surface area contributed by atoms with Gasteiger partial charge in [-0.15, -0.1) is 0 Å². The van der Waals surface area contributed by atoms with Gasteiger partial charge in [0.15, 0.2) is 5.69 Å². The average molecular weight is 404 g/mol. The summed E-state index contributed by atoms with van der Waals surface area (Å²) in [4.78, 5) is 17.9. The van der Waals surface area contributed by atoms with Gasteiger partial charge in [0.2, 0.25) is 0 Å². The number of pyridine rings is 1. The summed E-state index contributed by atoms with van der Waals surface area (Å²) in [7, 11) is 1.69. The van der Waals surface area contributed by atoms with Gasteiger partial charge in [-0.05, 0) is 56.7 Å². The molecule has 0 N–H and O–H groups in total. The number of rotatable bonds is 6. The zero-order chi connectivity index (χ0) is 21.6. The molecule has 1 aromatic carbocycles. The Morgan fingerprint density at radius 3 is 2.59 bits per heavy atom. The second kappa shape index (κ2) is 9.41. The van der Waals surface area contributed by atoms with Crippen LogP contribution >= 0.6 is 0 Å². The number of esters is 1. The molecule has 0 atom stereocenters. The summed E-state index contributed by atoms with van der Waals surface area (Å²) in [6.07, 6.45) is 0.774. The van der Waals surface area contributed by atoms with E-state index in [-0.39, 0.29) is 12.3 Å². The van der Waals surface area contributed by atoms with E-state index in [1.807, 2.05) is 6.92 Å². The zero-order valence-electron chi connectivity index (χ0n) is 16.7. The maximum Gasteiger partial charge on any atom is 0.416 e. The predicted octanol–water partition coefficient (Wildman–Crippen LogP) is 5.64. The molecule has 4 nitrogen and oxygen atoms in total. The Morgan fingerprint density at radius 1 is 1.24 bits per heavy atom. The molecule has 0 aliphatic carbocycles. The van der Waals surface area contributed by atoms with Gasteiger partial charge in [-0.3, -0.25) is 0 Å². The minimum absolute atomic E-state index is 0.127. The largest absolute Gasteiger partial charge is 0.461 e. The standard InChI is InChI=1S/C22H23F3N2O2/c1-5-7-10-19(17-14-16(22(23,24)25)13-12-15(17)3)27(4)20-11-8-9-18(26-20)21(28)29-6-2/h5,7-14H,6H2,1-4H3/b7-5+,19-10-. The topological polar surface area (TPSA) is 42.4 Å². The van der Waals surface area contributed by atoms with Crippen LogP contribution in [0.2, 0.25) is 0 Å². The van der Waals surface area contributed by atoms with E-state index in [9.17, 15) is 18.0 Å². The summed E-state index contributed by atoms with van der Waals surface area (Å²) in [6, 6.07) is 8.48. The van der Waals surface area contributed by atoms with Crippen molar-refractivity contribution in [1.29, 1.82) is 0 Å². The summed E-state index contributed by atoms with van der Waals surface area (Å²) < 4.78 is 44.7. The Morgan fingerprint density at radius 2 is 1.97 bits per heavy atom. The molecule has 0 radical (unpaired) electrons. The number of benzene rings is 1. The first-order chi connectivity index (χ1) is 13.7. The van der Waals surface area contributed by atoms with Crippen molar-refractivity contribution in [3.8, 4) is 0 Å². The lowest BCUT2D eigenvalue weighted by molar-refractivity contribution is -0.137. The van der Waals surface area contributed by atoms with Crippen molar-refractivity contribution in [1.82, 2.24) is 4.98 Å². The van der Waals surface area contributed by atoms with E-state index in [1.54, 1.807) is 56.2 Å². The van der Waals surface area contributed by atoms with E-state index in [1.165, 1.54) is 12.1 Å². The quantitative estimate of drug-likeness (QED) is 0.462. The maximum atomic E-state index is 13.2. The smallest absolute Gasteiger partial charge is 0.416 e. The highest BCUT2D eigenvalue weighted by Crippen LogP contribution is 2.34.